The van der Waals surface area contributed by atoms with Crippen molar-refractivity contribution < 1.29 is 24.2 Å². The molecule has 0 saturated carbocycles. The summed E-state index contributed by atoms with van der Waals surface area (Å²) < 4.78 is 5.11. The van der Waals surface area contributed by atoms with Gasteiger partial charge in [-0.25, -0.2) is 4.79 Å². The van der Waals surface area contributed by atoms with Crippen LogP contribution in [0.25, 0.3) is 0 Å². The third-order valence-corrected chi connectivity index (χ3v) is 3.50. The van der Waals surface area contributed by atoms with E-state index in [0.29, 0.717) is 13.0 Å². The van der Waals surface area contributed by atoms with Gasteiger partial charge in [0, 0.05) is 13.0 Å². The Morgan fingerprint density at radius 2 is 1.91 bits per heavy atom. The molecule has 0 bridgehead atoms. The van der Waals surface area contributed by atoms with Crippen LogP contribution in [0.3, 0.4) is 0 Å². The van der Waals surface area contributed by atoms with Crippen LogP contribution in [0.5, 0.6) is 0 Å². The number of nitrogens with zero attached hydrogens (tertiary/aromatic N) is 1. The number of hydrogen-bond acceptors (Lipinski definition) is 4. The first-order valence-corrected chi connectivity index (χ1v) is 7.65. The fraction of sp³-hybridized carbons (Fsp3) is 0.800. The highest BCUT2D eigenvalue weighted by Crippen LogP contribution is 2.12. The summed E-state index contributed by atoms with van der Waals surface area (Å²) in [6.45, 7) is 8.12. The topological polar surface area (TPSA) is 95.9 Å². The first kappa shape index (κ1) is 18.4. The molecule has 1 fully saturated rings. The summed E-state index contributed by atoms with van der Waals surface area (Å²) in [6, 6.07) is -0.640. The molecular weight excluding hydrogens is 288 g/mol. The molecule has 0 aromatic carbocycles. The monoisotopic (exact) mass is 314 g/mol. The second-order valence-electron chi connectivity index (χ2n) is 6.37. The summed E-state index contributed by atoms with van der Waals surface area (Å²) >= 11 is 0. The van der Waals surface area contributed by atoms with Crippen molar-refractivity contribution in [3.05, 3.63) is 0 Å². The number of carbonyl (C=O) groups excluding carboxylic acids is 2. The minimum Gasteiger partial charge on any atom is -0.479 e. The van der Waals surface area contributed by atoms with E-state index in [1.54, 1.807) is 0 Å². The molecule has 7 heteroatoms. The molecule has 2 N–H and O–H groups in total. The van der Waals surface area contributed by atoms with Gasteiger partial charge in [-0.15, -0.1) is 0 Å². The highest BCUT2D eigenvalue weighted by molar-refractivity contribution is 5.88. The van der Waals surface area contributed by atoms with Gasteiger partial charge in [0.2, 0.25) is 11.8 Å². The smallest absolute Gasteiger partial charge is 0.334 e. The Bertz CT molecular complexity index is 422. The van der Waals surface area contributed by atoms with Gasteiger partial charge in [-0.05, 0) is 11.8 Å². The average Bonchev–Trinajstić information content (AvgIpc) is 2.43. The minimum atomic E-state index is -1.08. The average molecular weight is 314 g/mol. The number of carboxylic acids is 1. The normalized spacial score (nSPS) is 20.1. The number of carboxylic acid groups (broad SMARTS) is 1. The lowest BCUT2D eigenvalue weighted by Crippen LogP contribution is -2.56. The number of ether oxygens (including phenoxy) is 1. The van der Waals surface area contributed by atoms with Gasteiger partial charge in [-0.2, -0.15) is 0 Å². The zero-order chi connectivity index (χ0) is 16.9. The van der Waals surface area contributed by atoms with Gasteiger partial charge in [-0.3, -0.25) is 9.59 Å². The van der Waals surface area contributed by atoms with E-state index in [1.165, 1.54) is 4.90 Å². The van der Waals surface area contributed by atoms with E-state index in [4.69, 9.17) is 9.84 Å². The van der Waals surface area contributed by atoms with Crippen molar-refractivity contribution in [1.29, 1.82) is 0 Å². The van der Waals surface area contributed by atoms with E-state index < -0.39 is 18.1 Å². The first-order valence-electron chi connectivity index (χ1n) is 7.65. The maximum absolute atomic E-state index is 12.6. The molecule has 0 spiro atoms. The maximum Gasteiger partial charge on any atom is 0.334 e. The molecule has 0 radical (unpaired) electrons. The Morgan fingerprint density at radius 3 is 2.41 bits per heavy atom. The summed E-state index contributed by atoms with van der Waals surface area (Å²) in [5, 5.41) is 11.8. The molecule has 1 aliphatic heterocycles. The largest absolute Gasteiger partial charge is 0.479 e. The number of hydrogen-bond donors (Lipinski definition) is 2. The Labute approximate surface area is 131 Å². The lowest BCUT2D eigenvalue weighted by molar-refractivity contribution is -0.160. The molecule has 2 unspecified atom stereocenters. The first-order chi connectivity index (χ1) is 10.2. The molecule has 2 atom stereocenters. The highest BCUT2D eigenvalue weighted by atomic mass is 16.5. The maximum atomic E-state index is 12.6. The van der Waals surface area contributed by atoms with Crippen LogP contribution in [0.1, 0.15) is 34.1 Å². The van der Waals surface area contributed by atoms with Crippen LogP contribution >= 0.6 is 0 Å². The number of amides is 2. The van der Waals surface area contributed by atoms with Crippen molar-refractivity contribution in [2.45, 2.75) is 46.3 Å². The van der Waals surface area contributed by atoms with Crippen molar-refractivity contribution in [3.63, 3.8) is 0 Å². The Kier molecular flexibility index (Phi) is 6.80. The van der Waals surface area contributed by atoms with E-state index in [2.05, 4.69) is 5.32 Å². The number of aliphatic carboxylic acids is 1. The zero-order valence-electron chi connectivity index (χ0n) is 13.7. The van der Waals surface area contributed by atoms with E-state index in [0.717, 1.165) is 0 Å². The Morgan fingerprint density at radius 1 is 1.27 bits per heavy atom. The van der Waals surface area contributed by atoms with E-state index in [-0.39, 0.29) is 36.8 Å². The number of rotatable bonds is 6. The van der Waals surface area contributed by atoms with Gasteiger partial charge in [0.1, 0.15) is 6.04 Å². The van der Waals surface area contributed by atoms with E-state index in [1.807, 2.05) is 27.7 Å². The van der Waals surface area contributed by atoms with Crippen LogP contribution in [0.2, 0.25) is 0 Å². The van der Waals surface area contributed by atoms with Crippen molar-refractivity contribution >= 4 is 17.8 Å². The lowest BCUT2D eigenvalue weighted by atomic mass is 10.0. The molecule has 1 saturated heterocycles. The van der Waals surface area contributed by atoms with Crippen molar-refractivity contribution in [2.75, 3.05) is 19.7 Å². The Balaban J connectivity index is 2.72. The summed E-state index contributed by atoms with van der Waals surface area (Å²) in [7, 11) is 0. The van der Waals surface area contributed by atoms with Gasteiger partial charge in [-0.1, -0.05) is 27.7 Å². The van der Waals surface area contributed by atoms with Crippen molar-refractivity contribution in [3.8, 4) is 0 Å². The third-order valence-electron chi connectivity index (χ3n) is 3.50. The van der Waals surface area contributed by atoms with Crippen LogP contribution in [0.4, 0.5) is 0 Å². The fourth-order valence-electron chi connectivity index (χ4n) is 2.31. The van der Waals surface area contributed by atoms with Gasteiger partial charge in [0.15, 0.2) is 6.10 Å². The zero-order valence-corrected chi connectivity index (χ0v) is 13.7. The molecule has 1 heterocycles. The minimum absolute atomic E-state index is 0.0113. The van der Waals surface area contributed by atoms with Crippen molar-refractivity contribution in [1.82, 2.24) is 10.2 Å². The second kappa shape index (κ2) is 8.12. The molecule has 1 rings (SSSR count). The molecular formula is C15H26N2O5. The van der Waals surface area contributed by atoms with E-state index in [9.17, 15) is 14.4 Å². The highest BCUT2D eigenvalue weighted by Gasteiger charge is 2.34. The molecule has 22 heavy (non-hydrogen) atoms. The van der Waals surface area contributed by atoms with Gasteiger partial charge >= 0.3 is 5.97 Å². The fourth-order valence-corrected chi connectivity index (χ4v) is 2.31. The lowest BCUT2D eigenvalue weighted by Gasteiger charge is -2.34. The molecule has 0 aromatic heterocycles. The van der Waals surface area contributed by atoms with Gasteiger partial charge in [0.05, 0.1) is 13.2 Å². The second-order valence-corrected chi connectivity index (χ2v) is 6.37. The standard InChI is InChI=1S/C15H26N2O5/c1-9(2)7-12(18)16-13(10(3)4)14(19)17-5-6-22-11(8-17)15(20)21/h9-11,13H,5-8H2,1-4H3,(H,16,18)(H,20,21). The Hall–Kier alpha value is -1.63. The molecule has 126 valence electrons. The third kappa shape index (κ3) is 5.29. The predicted molar refractivity (Wildman–Crippen MR) is 80.2 cm³/mol. The van der Waals surface area contributed by atoms with Gasteiger partial charge in [0.25, 0.3) is 0 Å². The number of nitrogens with one attached hydrogen (secondary N) is 1. The van der Waals surface area contributed by atoms with Crippen LogP contribution < -0.4 is 5.32 Å². The summed E-state index contributed by atoms with van der Waals surface area (Å²) in [5.74, 6) is -1.35. The van der Waals surface area contributed by atoms with Crippen LogP contribution in [-0.2, 0) is 19.1 Å². The van der Waals surface area contributed by atoms with Crippen LogP contribution in [0, 0.1) is 11.8 Å². The van der Waals surface area contributed by atoms with Gasteiger partial charge < -0.3 is 20.1 Å². The SMILES string of the molecule is CC(C)CC(=O)NC(C(=O)N1CCOC(C(=O)O)C1)C(C)C. The summed E-state index contributed by atoms with van der Waals surface area (Å²) in [5.41, 5.74) is 0. The predicted octanol–water partition coefficient (Wildman–Crippen LogP) is 0.485. The number of morpholine rings is 1. The van der Waals surface area contributed by atoms with Crippen molar-refractivity contribution in [2.24, 2.45) is 11.8 Å². The quantitative estimate of drug-likeness (QED) is 0.743. The van der Waals surface area contributed by atoms with Crippen LogP contribution in [-0.4, -0.2) is 59.6 Å². The summed E-state index contributed by atoms with van der Waals surface area (Å²) in [4.78, 5) is 37.0. The molecule has 7 nitrogen and oxygen atoms in total. The molecule has 1 aliphatic rings. The molecule has 0 aliphatic carbocycles. The molecule has 2 amide bonds. The molecule has 0 aromatic rings. The van der Waals surface area contributed by atoms with E-state index >= 15 is 0 Å². The van der Waals surface area contributed by atoms with Crippen LogP contribution in [0.15, 0.2) is 0 Å². The number of carbonyl (C=O) groups is 3. The summed E-state index contributed by atoms with van der Waals surface area (Å²) in [6.07, 6.45) is -0.644.